The number of fused-ring (bicyclic) bond motifs is 1. The minimum atomic E-state index is 0.0539. The predicted octanol–water partition coefficient (Wildman–Crippen LogP) is 4.07. The first kappa shape index (κ1) is 15.8. The number of ketones is 1. The Morgan fingerprint density at radius 1 is 1.28 bits per heavy atom. The van der Waals surface area contributed by atoms with Crippen LogP contribution in [0, 0.1) is 12.8 Å². The Morgan fingerprint density at radius 3 is 2.88 bits per heavy atom. The summed E-state index contributed by atoms with van der Waals surface area (Å²) in [5.41, 5.74) is 2.33. The minimum absolute atomic E-state index is 0.0539. The van der Waals surface area contributed by atoms with Crippen LogP contribution in [-0.2, 0) is 13.0 Å². The second-order valence-electron chi connectivity index (χ2n) is 6.61. The highest BCUT2D eigenvalue weighted by atomic mass is 16.5. The van der Waals surface area contributed by atoms with Crippen molar-refractivity contribution in [1.29, 1.82) is 0 Å². The van der Waals surface area contributed by atoms with E-state index in [4.69, 9.17) is 4.52 Å². The molecule has 0 N–H and O–H groups in total. The van der Waals surface area contributed by atoms with Crippen molar-refractivity contribution in [2.45, 2.75) is 39.2 Å². The van der Waals surface area contributed by atoms with Crippen molar-refractivity contribution < 1.29 is 9.32 Å². The van der Waals surface area contributed by atoms with Crippen LogP contribution in [0.3, 0.4) is 0 Å². The van der Waals surface area contributed by atoms with Gasteiger partial charge in [-0.3, -0.25) is 4.79 Å². The molecule has 0 aliphatic heterocycles. The molecule has 0 spiro atoms. The molecule has 5 heteroatoms. The van der Waals surface area contributed by atoms with Gasteiger partial charge in [-0.2, -0.15) is 0 Å². The van der Waals surface area contributed by atoms with E-state index in [2.05, 4.69) is 14.7 Å². The molecule has 0 fully saturated rings. The zero-order chi connectivity index (χ0) is 17.2. The number of hydrogen-bond acceptors (Lipinski definition) is 4. The van der Waals surface area contributed by atoms with Crippen LogP contribution in [0.2, 0.25) is 0 Å². The molecule has 1 unspecified atom stereocenters. The van der Waals surface area contributed by atoms with E-state index < -0.39 is 0 Å². The van der Waals surface area contributed by atoms with Crippen molar-refractivity contribution in [1.82, 2.24) is 14.7 Å². The van der Waals surface area contributed by atoms with E-state index in [-0.39, 0.29) is 11.7 Å². The summed E-state index contributed by atoms with van der Waals surface area (Å²) < 4.78 is 7.59. The Labute approximate surface area is 146 Å². The molecule has 128 valence electrons. The van der Waals surface area contributed by atoms with E-state index in [1.165, 1.54) is 0 Å². The van der Waals surface area contributed by atoms with Gasteiger partial charge in [-0.15, -0.1) is 0 Å². The molecule has 1 aliphatic carbocycles. The number of nitrogens with zero attached hydrogens (tertiary/aromatic N) is 3. The number of hydrogen-bond donors (Lipinski definition) is 0. The molecular formula is C20H21N3O2. The lowest BCUT2D eigenvalue weighted by Crippen LogP contribution is -2.22. The Morgan fingerprint density at radius 2 is 2.12 bits per heavy atom. The number of carbonyl (C=O) groups is 1. The van der Waals surface area contributed by atoms with Crippen LogP contribution in [0.25, 0.3) is 11.3 Å². The maximum atomic E-state index is 13.0. The van der Waals surface area contributed by atoms with E-state index >= 15 is 0 Å². The first-order valence-electron chi connectivity index (χ1n) is 8.80. The molecule has 2 heterocycles. The highest BCUT2D eigenvalue weighted by molar-refractivity contribution is 6.04. The molecule has 0 radical (unpaired) electrons. The number of imidazole rings is 1. The van der Waals surface area contributed by atoms with Crippen LogP contribution in [-0.4, -0.2) is 20.5 Å². The summed E-state index contributed by atoms with van der Waals surface area (Å²) in [5.74, 6) is 2.00. The van der Waals surface area contributed by atoms with E-state index in [0.717, 1.165) is 49.4 Å². The monoisotopic (exact) mass is 335 g/mol. The number of rotatable bonds is 5. The smallest absolute Gasteiger partial charge is 0.171 e. The van der Waals surface area contributed by atoms with Gasteiger partial charge >= 0.3 is 0 Å². The molecule has 4 rings (SSSR count). The van der Waals surface area contributed by atoms with Gasteiger partial charge < -0.3 is 9.09 Å². The fourth-order valence-electron chi connectivity index (χ4n) is 3.61. The van der Waals surface area contributed by atoms with Crippen LogP contribution >= 0.6 is 0 Å². The van der Waals surface area contributed by atoms with Gasteiger partial charge in [0, 0.05) is 36.8 Å². The molecule has 1 atom stereocenters. The fourth-order valence-corrected chi connectivity index (χ4v) is 3.61. The summed E-state index contributed by atoms with van der Waals surface area (Å²) in [6, 6.07) is 9.80. The molecule has 0 amide bonds. The van der Waals surface area contributed by atoms with Crippen molar-refractivity contribution >= 4 is 5.78 Å². The number of carbonyl (C=O) groups excluding carboxylic acids is 1. The van der Waals surface area contributed by atoms with Crippen molar-refractivity contribution in [3.63, 3.8) is 0 Å². The Hall–Kier alpha value is -2.69. The fraction of sp³-hybridized carbons (Fsp3) is 0.350. The molecule has 0 bridgehead atoms. The lowest BCUT2D eigenvalue weighted by atomic mass is 9.82. The molecule has 2 aromatic heterocycles. The molecule has 1 aromatic carbocycles. The zero-order valence-corrected chi connectivity index (χ0v) is 14.3. The Bertz CT molecular complexity index is 879. The third kappa shape index (κ3) is 3.02. The summed E-state index contributed by atoms with van der Waals surface area (Å²) in [6.07, 6.45) is 7.29. The van der Waals surface area contributed by atoms with Gasteiger partial charge in [-0.05, 0) is 26.2 Å². The van der Waals surface area contributed by atoms with E-state index in [1.807, 2.05) is 49.6 Å². The molecule has 25 heavy (non-hydrogen) atoms. The van der Waals surface area contributed by atoms with Gasteiger partial charge in [0.05, 0.1) is 5.56 Å². The van der Waals surface area contributed by atoms with Crippen LogP contribution in [0.15, 0.2) is 47.2 Å². The maximum absolute atomic E-state index is 13.0. The average Bonchev–Trinajstić information content (AvgIpc) is 3.24. The lowest BCUT2D eigenvalue weighted by molar-refractivity contribution is 0.0887. The summed E-state index contributed by atoms with van der Waals surface area (Å²) in [4.78, 5) is 17.3. The van der Waals surface area contributed by atoms with Crippen molar-refractivity contribution in [3.8, 4) is 11.3 Å². The number of Topliss-reactive ketones (excluding diaryl/α,β-unsaturated/α-hetero) is 1. The van der Waals surface area contributed by atoms with E-state index in [1.54, 1.807) is 0 Å². The molecule has 1 aliphatic rings. The van der Waals surface area contributed by atoms with Gasteiger partial charge in [-0.25, -0.2) is 4.98 Å². The standard InChI is InChI=1S/C20H21N3O2/c1-14-21-11-13-23(14)12-5-8-16-9-10-17-18(20(16)24)19(22-25-17)15-6-3-2-4-7-15/h2-4,6-7,11,13,16H,5,8-10,12H2,1H3. The lowest BCUT2D eigenvalue weighted by Gasteiger charge is -2.20. The average molecular weight is 335 g/mol. The molecule has 0 saturated heterocycles. The van der Waals surface area contributed by atoms with E-state index in [9.17, 15) is 4.79 Å². The van der Waals surface area contributed by atoms with Gasteiger partial charge in [-0.1, -0.05) is 35.5 Å². The van der Waals surface area contributed by atoms with E-state index in [0.29, 0.717) is 11.3 Å². The highest BCUT2D eigenvalue weighted by Crippen LogP contribution is 2.35. The van der Waals surface area contributed by atoms with Crippen molar-refractivity contribution in [2.24, 2.45) is 5.92 Å². The Kier molecular flexibility index (Phi) is 4.22. The normalized spacial score (nSPS) is 16.8. The highest BCUT2D eigenvalue weighted by Gasteiger charge is 2.33. The van der Waals surface area contributed by atoms with Gasteiger partial charge in [0.1, 0.15) is 17.3 Å². The third-order valence-corrected chi connectivity index (χ3v) is 5.02. The summed E-state index contributed by atoms with van der Waals surface area (Å²) in [5, 5.41) is 4.18. The van der Waals surface area contributed by atoms with Gasteiger partial charge in [0.2, 0.25) is 0 Å². The van der Waals surface area contributed by atoms with Gasteiger partial charge in [0.15, 0.2) is 5.78 Å². The van der Waals surface area contributed by atoms with Crippen LogP contribution in [0.5, 0.6) is 0 Å². The van der Waals surface area contributed by atoms with Gasteiger partial charge in [0.25, 0.3) is 0 Å². The molecule has 3 aromatic rings. The second-order valence-corrected chi connectivity index (χ2v) is 6.61. The van der Waals surface area contributed by atoms with Crippen molar-refractivity contribution in [2.75, 3.05) is 0 Å². The number of aromatic nitrogens is 3. The SMILES string of the molecule is Cc1nccn1CCCC1CCc2onc(-c3ccccc3)c2C1=O. The molecular weight excluding hydrogens is 314 g/mol. The van der Waals surface area contributed by atoms with Crippen LogP contribution < -0.4 is 0 Å². The number of aryl methyl sites for hydroxylation is 3. The zero-order valence-electron chi connectivity index (χ0n) is 14.3. The second kappa shape index (κ2) is 6.67. The topological polar surface area (TPSA) is 60.9 Å². The van der Waals surface area contributed by atoms with Crippen molar-refractivity contribution in [3.05, 3.63) is 59.9 Å². The largest absolute Gasteiger partial charge is 0.360 e. The third-order valence-electron chi connectivity index (χ3n) is 5.02. The quantitative estimate of drug-likeness (QED) is 0.705. The minimum Gasteiger partial charge on any atom is -0.360 e. The first-order valence-corrected chi connectivity index (χ1v) is 8.80. The Balaban J connectivity index is 1.49. The molecule has 5 nitrogen and oxygen atoms in total. The summed E-state index contributed by atoms with van der Waals surface area (Å²) >= 11 is 0. The molecule has 0 saturated carbocycles. The first-order chi connectivity index (χ1) is 12.2. The number of benzene rings is 1. The van der Waals surface area contributed by atoms with Crippen LogP contribution in [0.1, 0.15) is 41.2 Å². The van der Waals surface area contributed by atoms with Crippen LogP contribution in [0.4, 0.5) is 0 Å². The maximum Gasteiger partial charge on any atom is 0.171 e. The predicted molar refractivity (Wildman–Crippen MR) is 94.3 cm³/mol. The summed E-state index contributed by atoms with van der Waals surface area (Å²) in [6.45, 7) is 2.90. The summed E-state index contributed by atoms with van der Waals surface area (Å²) in [7, 11) is 0.